The van der Waals surface area contributed by atoms with Crippen molar-refractivity contribution in [3.05, 3.63) is 54.7 Å². The zero-order chi connectivity index (χ0) is 15.5. The minimum atomic E-state index is -0.477. The molecule has 3 aromatic rings. The third kappa shape index (κ3) is 2.71. The molecular weight excluding hydrogens is 278 g/mol. The molecule has 0 saturated heterocycles. The lowest BCUT2D eigenvalue weighted by atomic mass is 10.2. The van der Waals surface area contributed by atoms with Gasteiger partial charge in [-0.3, -0.25) is 4.79 Å². The lowest BCUT2D eigenvalue weighted by molar-refractivity contribution is -0.124. The predicted octanol–water partition coefficient (Wildman–Crippen LogP) is 3.00. The van der Waals surface area contributed by atoms with Gasteiger partial charge in [0.05, 0.1) is 17.4 Å². The number of ether oxygens (including phenoxy) is 1. The Balaban J connectivity index is 1.84. The molecule has 1 aromatic heterocycles. The van der Waals surface area contributed by atoms with Crippen molar-refractivity contribution in [3.63, 3.8) is 0 Å². The summed E-state index contributed by atoms with van der Waals surface area (Å²) in [4.78, 5) is 11.8. The van der Waals surface area contributed by atoms with Crippen molar-refractivity contribution in [2.45, 2.75) is 13.0 Å². The van der Waals surface area contributed by atoms with E-state index in [9.17, 15) is 4.79 Å². The topological polar surface area (TPSA) is 56.1 Å². The van der Waals surface area contributed by atoms with E-state index in [0.29, 0.717) is 0 Å². The Kier molecular flexibility index (Phi) is 3.89. The van der Waals surface area contributed by atoms with E-state index in [1.165, 1.54) is 7.11 Å². The molecule has 0 spiro atoms. The van der Waals surface area contributed by atoms with E-state index in [-0.39, 0.29) is 5.91 Å². The molecule has 0 aliphatic heterocycles. The van der Waals surface area contributed by atoms with E-state index in [1.807, 2.05) is 59.4 Å². The number of fused-ring (bicyclic) bond motifs is 1. The second-order valence-corrected chi connectivity index (χ2v) is 5.03. The molecule has 1 N–H and O–H groups in total. The molecule has 5 nitrogen and oxygen atoms in total. The van der Waals surface area contributed by atoms with Crippen LogP contribution in [0.1, 0.15) is 6.92 Å². The van der Waals surface area contributed by atoms with E-state index in [4.69, 9.17) is 4.74 Å². The van der Waals surface area contributed by atoms with Gasteiger partial charge >= 0.3 is 0 Å². The van der Waals surface area contributed by atoms with Gasteiger partial charge in [-0.2, -0.15) is 5.10 Å². The molecule has 112 valence electrons. The molecule has 0 fully saturated rings. The molecule has 0 aliphatic carbocycles. The highest BCUT2D eigenvalue weighted by atomic mass is 16.5. The van der Waals surface area contributed by atoms with Gasteiger partial charge in [0.2, 0.25) is 0 Å². The van der Waals surface area contributed by atoms with Crippen LogP contribution >= 0.6 is 0 Å². The number of anilines is 1. The van der Waals surface area contributed by atoms with Gasteiger partial charge in [-0.1, -0.05) is 18.2 Å². The summed E-state index contributed by atoms with van der Waals surface area (Å²) < 4.78 is 6.86. The zero-order valence-electron chi connectivity index (χ0n) is 12.5. The summed E-state index contributed by atoms with van der Waals surface area (Å²) in [6.07, 6.45) is 1.36. The van der Waals surface area contributed by atoms with E-state index >= 15 is 0 Å². The SMILES string of the molecule is CO[C@H](C)C(=O)Nc1ccc(-n2ncc3ccccc32)cc1. The summed E-state index contributed by atoms with van der Waals surface area (Å²) in [6, 6.07) is 15.6. The van der Waals surface area contributed by atoms with Crippen LogP contribution in [0.3, 0.4) is 0 Å². The molecule has 0 aliphatic rings. The number of nitrogens with zero attached hydrogens (tertiary/aromatic N) is 2. The first kappa shape index (κ1) is 14.3. The van der Waals surface area contributed by atoms with Gasteiger partial charge in [-0.05, 0) is 37.3 Å². The van der Waals surface area contributed by atoms with Crippen LogP contribution in [0.15, 0.2) is 54.7 Å². The van der Waals surface area contributed by atoms with Crippen LogP contribution in [0.25, 0.3) is 16.6 Å². The average Bonchev–Trinajstić information content (AvgIpc) is 2.99. The number of amides is 1. The van der Waals surface area contributed by atoms with Crippen molar-refractivity contribution >= 4 is 22.5 Å². The van der Waals surface area contributed by atoms with Gasteiger partial charge < -0.3 is 10.1 Å². The van der Waals surface area contributed by atoms with Crippen LogP contribution in [0.5, 0.6) is 0 Å². The normalized spacial score (nSPS) is 12.3. The molecule has 0 unspecified atom stereocenters. The fourth-order valence-electron chi connectivity index (χ4n) is 2.21. The Hall–Kier alpha value is -2.66. The summed E-state index contributed by atoms with van der Waals surface area (Å²) in [5, 5.41) is 8.31. The summed E-state index contributed by atoms with van der Waals surface area (Å²) in [5.74, 6) is -0.167. The Morgan fingerprint density at radius 3 is 2.64 bits per heavy atom. The zero-order valence-corrected chi connectivity index (χ0v) is 12.5. The summed E-state index contributed by atoms with van der Waals surface area (Å²) in [6.45, 7) is 1.71. The molecule has 5 heteroatoms. The van der Waals surface area contributed by atoms with Gasteiger partial charge in [0.15, 0.2) is 0 Å². The number of nitrogens with one attached hydrogen (secondary N) is 1. The second kappa shape index (κ2) is 5.99. The van der Waals surface area contributed by atoms with E-state index in [2.05, 4.69) is 10.4 Å². The number of para-hydroxylation sites is 1. The number of benzene rings is 2. The fourth-order valence-corrected chi connectivity index (χ4v) is 2.21. The highest BCUT2D eigenvalue weighted by molar-refractivity contribution is 5.94. The predicted molar refractivity (Wildman–Crippen MR) is 86.2 cm³/mol. The van der Waals surface area contributed by atoms with E-state index in [0.717, 1.165) is 22.3 Å². The number of aromatic nitrogens is 2. The third-order valence-electron chi connectivity index (χ3n) is 3.58. The van der Waals surface area contributed by atoms with Crippen LogP contribution in [-0.4, -0.2) is 28.9 Å². The maximum atomic E-state index is 11.8. The molecule has 2 aromatic carbocycles. The van der Waals surface area contributed by atoms with Gasteiger partial charge in [0.1, 0.15) is 6.10 Å². The van der Waals surface area contributed by atoms with E-state index in [1.54, 1.807) is 6.92 Å². The quantitative estimate of drug-likeness (QED) is 0.805. The van der Waals surface area contributed by atoms with Crippen molar-refractivity contribution < 1.29 is 9.53 Å². The first-order chi connectivity index (χ1) is 10.7. The first-order valence-electron chi connectivity index (χ1n) is 7.06. The second-order valence-electron chi connectivity index (χ2n) is 5.03. The van der Waals surface area contributed by atoms with Crippen LogP contribution in [0.4, 0.5) is 5.69 Å². The highest BCUT2D eigenvalue weighted by Gasteiger charge is 2.11. The van der Waals surface area contributed by atoms with Crippen molar-refractivity contribution in [1.82, 2.24) is 9.78 Å². The number of hydrogen-bond donors (Lipinski definition) is 1. The molecule has 22 heavy (non-hydrogen) atoms. The Bertz CT molecular complexity index is 793. The van der Waals surface area contributed by atoms with Crippen molar-refractivity contribution in [3.8, 4) is 5.69 Å². The molecule has 1 amide bonds. The first-order valence-corrected chi connectivity index (χ1v) is 7.06. The van der Waals surface area contributed by atoms with Crippen LogP contribution in [-0.2, 0) is 9.53 Å². The Morgan fingerprint density at radius 1 is 1.18 bits per heavy atom. The van der Waals surface area contributed by atoms with Crippen molar-refractivity contribution in [2.24, 2.45) is 0 Å². The minimum absolute atomic E-state index is 0.167. The lowest BCUT2D eigenvalue weighted by Crippen LogP contribution is -2.26. The molecule has 0 radical (unpaired) electrons. The molecule has 0 saturated carbocycles. The number of methoxy groups -OCH3 is 1. The van der Waals surface area contributed by atoms with Gasteiger partial charge in [-0.25, -0.2) is 4.68 Å². The van der Waals surface area contributed by atoms with Crippen molar-refractivity contribution in [2.75, 3.05) is 12.4 Å². The number of rotatable bonds is 4. The van der Waals surface area contributed by atoms with Gasteiger partial charge in [-0.15, -0.1) is 0 Å². The largest absolute Gasteiger partial charge is 0.372 e. The van der Waals surface area contributed by atoms with Crippen LogP contribution < -0.4 is 5.32 Å². The molecule has 1 atom stereocenters. The number of carbonyl (C=O) groups is 1. The van der Waals surface area contributed by atoms with Gasteiger partial charge in [0, 0.05) is 18.2 Å². The minimum Gasteiger partial charge on any atom is -0.372 e. The summed E-state index contributed by atoms with van der Waals surface area (Å²) in [7, 11) is 1.51. The van der Waals surface area contributed by atoms with Gasteiger partial charge in [0.25, 0.3) is 5.91 Å². The average molecular weight is 295 g/mol. The standard InChI is InChI=1S/C17H17N3O2/c1-12(22-2)17(21)19-14-7-9-15(10-8-14)20-16-6-4-3-5-13(16)11-18-20/h3-12H,1-2H3,(H,19,21)/t12-/m1/s1. The summed E-state index contributed by atoms with van der Waals surface area (Å²) in [5.41, 5.74) is 2.72. The number of carbonyl (C=O) groups excluding carboxylic acids is 1. The maximum absolute atomic E-state index is 11.8. The lowest BCUT2D eigenvalue weighted by Gasteiger charge is -2.11. The van der Waals surface area contributed by atoms with E-state index < -0.39 is 6.10 Å². The Morgan fingerprint density at radius 2 is 1.91 bits per heavy atom. The third-order valence-corrected chi connectivity index (χ3v) is 3.58. The fraction of sp³-hybridized carbons (Fsp3) is 0.176. The molecule has 0 bridgehead atoms. The molecule has 3 rings (SSSR count). The highest BCUT2D eigenvalue weighted by Crippen LogP contribution is 2.19. The maximum Gasteiger partial charge on any atom is 0.253 e. The smallest absolute Gasteiger partial charge is 0.253 e. The number of hydrogen-bond acceptors (Lipinski definition) is 3. The Labute approximate surface area is 128 Å². The molecular formula is C17H17N3O2. The van der Waals surface area contributed by atoms with Crippen molar-refractivity contribution in [1.29, 1.82) is 0 Å². The van der Waals surface area contributed by atoms with Crippen LogP contribution in [0, 0.1) is 0 Å². The van der Waals surface area contributed by atoms with Crippen LogP contribution in [0.2, 0.25) is 0 Å². The summed E-state index contributed by atoms with van der Waals surface area (Å²) >= 11 is 0. The molecule has 1 heterocycles. The monoisotopic (exact) mass is 295 g/mol.